The fourth-order valence-electron chi connectivity index (χ4n) is 2.92. The van der Waals surface area contributed by atoms with Crippen LogP contribution >= 0.6 is 45.9 Å². The maximum atomic E-state index is 11.2. The number of carbonyl (C=O) groups is 1. The summed E-state index contributed by atoms with van der Waals surface area (Å²) in [7, 11) is 0. The zero-order valence-corrected chi connectivity index (χ0v) is 19.3. The number of nitrogens with zero attached hydrogens (tertiary/aromatic N) is 2. The highest BCUT2D eigenvalue weighted by atomic mass is 35.5. The van der Waals surface area contributed by atoms with Gasteiger partial charge in [-0.3, -0.25) is 4.79 Å². The minimum atomic E-state index is -0.815. The smallest absolute Gasteiger partial charge is 0.305 e. The van der Waals surface area contributed by atoms with Crippen LogP contribution in [0.15, 0.2) is 35.7 Å². The van der Waals surface area contributed by atoms with Crippen molar-refractivity contribution >= 4 is 57.0 Å². The highest BCUT2D eigenvalue weighted by Gasteiger charge is 2.20. The van der Waals surface area contributed by atoms with Gasteiger partial charge in [-0.15, -0.1) is 22.7 Å². The molecule has 2 aromatic heterocycles. The number of halogens is 2. The van der Waals surface area contributed by atoms with Crippen molar-refractivity contribution < 1.29 is 9.90 Å². The summed E-state index contributed by atoms with van der Waals surface area (Å²) in [6, 6.07) is 9.61. The first kappa shape index (κ1) is 22.1. The molecule has 3 rings (SSSR count). The summed E-state index contributed by atoms with van der Waals surface area (Å²) < 4.78 is 0. The van der Waals surface area contributed by atoms with Crippen LogP contribution in [0, 0.1) is 5.92 Å². The second kappa shape index (κ2) is 9.94. The minimum absolute atomic E-state index is 0.0621. The molecule has 29 heavy (non-hydrogen) atoms. The summed E-state index contributed by atoms with van der Waals surface area (Å²) in [4.78, 5) is 20.5. The normalized spacial score (nSPS) is 11.2. The zero-order chi connectivity index (χ0) is 21.0. The van der Waals surface area contributed by atoms with Crippen molar-refractivity contribution in [1.29, 1.82) is 0 Å². The van der Waals surface area contributed by atoms with Gasteiger partial charge in [0.25, 0.3) is 0 Å². The first-order chi connectivity index (χ1) is 13.8. The lowest BCUT2D eigenvalue weighted by Crippen LogP contribution is -2.25. The summed E-state index contributed by atoms with van der Waals surface area (Å²) in [5.41, 5.74) is 1.82. The van der Waals surface area contributed by atoms with Crippen LogP contribution < -0.4 is 4.90 Å². The first-order valence-corrected chi connectivity index (χ1v) is 11.7. The van der Waals surface area contributed by atoms with E-state index in [1.165, 1.54) is 9.75 Å². The molecule has 0 aliphatic carbocycles. The lowest BCUT2D eigenvalue weighted by Gasteiger charge is -2.20. The second-order valence-electron chi connectivity index (χ2n) is 7.14. The topological polar surface area (TPSA) is 53.4 Å². The summed E-state index contributed by atoms with van der Waals surface area (Å²) in [6.45, 7) is 5.39. The van der Waals surface area contributed by atoms with Crippen LogP contribution in [0.4, 0.5) is 5.13 Å². The third kappa shape index (κ3) is 5.95. The van der Waals surface area contributed by atoms with Gasteiger partial charge in [0.15, 0.2) is 5.13 Å². The van der Waals surface area contributed by atoms with Gasteiger partial charge in [-0.1, -0.05) is 49.2 Å². The first-order valence-electron chi connectivity index (χ1n) is 9.27. The maximum Gasteiger partial charge on any atom is 0.305 e. The van der Waals surface area contributed by atoms with E-state index >= 15 is 0 Å². The van der Waals surface area contributed by atoms with E-state index in [-0.39, 0.29) is 6.42 Å². The van der Waals surface area contributed by atoms with E-state index < -0.39 is 5.97 Å². The molecule has 8 heteroatoms. The number of aliphatic carboxylic acids is 1. The van der Waals surface area contributed by atoms with Gasteiger partial charge < -0.3 is 10.0 Å². The number of aromatic nitrogens is 1. The second-order valence-corrected chi connectivity index (χ2v) is 10.0. The molecular formula is C21H22Cl2N2O2S2. The van der Waals surface area contributed by atoms with Gasteiger partial charge in [-0.25, -0.2) is 4.98 Å². The van der Waals surface area contributed by atoms with Crippen molar-refractivity contribution in [2.75, 3.05) is 11.4 Å². The van der Waals surface area contributed by atoms with Crippen molar-refractivity contribution in [2.45, 2.75) is 33.2 Å². The van der Waals surface area contributed by atoms with Crippen LogP contribution in [0.25, 0.3) is 11.3 Å². The number of carboxylic acids is 1. The summed E-state index contributed by atoms with van der Waals surface area (Å²) in [5.74, 6) is -0.348. The van der Waals surface area contributed by atoms with E-state index in [9.17, 15) is 9.90 Å². The van der Waals surface area contributed by atoms with E-state index in [0.29, 0.717) is 29.1 Å². The average molecular weight is 469 g/mol. The van der Waals surface area contributed by atoms with E-state index in [0.717, 1.165) is 22.8 Å². The van der Waals surface area contributed by atoms with E-state index in [4.69, 9.17) is 28.2 Å². The van der Waals surface area contributed by atoms with E-state index in [1.54, 1.807) is 28.7 Å². The highest BCUT2D eigenvalue weighted by Crippen LogP contribution is 2.37. The van der Waals surface area contributed by atoms with Crippen LogP contribution in [-0.4, -0.2) is 22.6 Å². The van der Waals surface area contributed by atoms with Gasteiger partial charge in [0, 0.05) is 21.9 Å². The minimum Gasteiger partial charge on any atom is -0.481 e. The summed E-state index contributed by atoms with van der Waals surface area (Å²) in [6.07, 6.45) is 0.950. The summed E-state index contributed by atoms with van der Waals surface area (Å²) in [5, 5.41) is 13.0. The number of thiazole rings is 1. The monoisotopic (exact) mass is 468 g/mol. The Morgan fingerprint density at radius 1 is 1.24 bits per heavy atom. The molecule has 154 valence electrons. The van der Waals surface area contributed by atoms with Crippen LogP contribution in [0.5, 0.6) is 0 Å². The number of hydrogen-bond donors (Lipinski definition) is 1. The van der Waals surface area contributed by atoms with Crippen molar-refractivity contribution in [3.63, 3.8) is 0 Å². The molecule has 1 N–H and O–H groups in total. The molecule has 0 unspecified atom stereocenters. The average Bonchev–Trinajstić information content (AvgIpc) is 3.30. The molecule has 0 amide bonds. The van der Waals surface area contributed by atoms with Crippen LogP contribution in [0.1, 0.15) is 30.0 Å². The zero-order valence-electron chi connectivity index (χ0n) is 16.2. The number of rotatable bonds is 9. The molecule has 0 bridgehead atoms. The fourth-order valence-corrected chi connectivity index (χ4v) is 5.25. The Balaban J connectivity index is 1.99. The quantitative estimate of drug-likeness (QED) is 0.372. The van der Waals surface area contributed by atoms with Gasteiger partial charge in [0.1, 0.15) is 0 Å². The Bertz CT molecular complexity index is 971. The van der Waals surface area contributed by atoms with Gasteiger partial charge >= 0.3 is 5.97 Å². The Morgan fingerprint density at radius 2 is 2.03 bits per heavy atom. The van der Waals surface area contributed by atoms with Gasteiger partial charge in [0.2, 0.25) is 0 Å². The van der Waals surface area contributed by atoms with Crippen molar-refractivity contribution in [1.82, 2.24) is 4.98 Å². The molecule has 2 heterocycles. The molecule has 1 aromatic carbocycles. The Hall–Kier alpha value is -1.60. The van der Waals surface area contributed by atoms with Crippen molar-refractivity contribution in [3.8, 4) is 11.3 Å². The molecule has 0 fully saturated rings. The maximum absolute atomic E-state index is 11.2. The number of carboxylic acid groups (broad SMARTS) is 1. The van der Waals surface area contributed by atoms with Crippen molar-refractivity contribution in [3.05, 3.63) is 55.5 Å². The number of hydrogen-bond acceptors (Lipinski definition) is 5. The molecule has 0 saturated heterocycles. The standard InChI is InChI=1S/C21H22Cl2N2O2S2/c1-13(2)10-18-20(14-5-6-16(22)17(23)11-14)24-21(29-18)25(8-7-19(26)27)12-15-4-3-9-28-15/h3-6,9,11,13H,7-8,10,12H2,1-2H3,(H,26,27). The number of benzene rings is 1. The van der Waals surface area contributed by atoms with Gasteiger partial charge in [-0.2, -0.15) is 0 Å². The largest absolute Gasteiger partial charge is 0.481 e. The molecule has 0 aliphatic heterocycles. The molecule has 3 aromatic rings. The SMILES string of the molecule is CC(C)Cc1sc(N(CCC(=O)O)Cc2cccs2)nc1-c1ccc(Cl)c(Cl)c1. The van der Waals surface area contributed by atoms with Gasteiger partial charge in [0.05, 0.1) is 28.7 Å². The van der Waals surface area contributed by atoms with E-state index in [1.807, 2.05) is 23.6 Å². The molecule has 0 aliphatic rings. The summed E-state index contributed by atoms with van der Waals surface area (Å²) >= 11 is 15.6. The molecule has 0 atom stereocenters. The molecule has 4 nitrogen and oxygen atoms in total. The number of thiophene rings is 1. The third-order valence-corrected chi connectivity index (χ3v) is 7.00. The molecule has 0 saturated carbocycles. The van der Waals surface area contributed by atoms with Crippen molar-refractivity contribution in [2.24, 2.45) is 5.92 Å². The van der Waals surface area contributed by atoms with Crippen LogP contribution in [-0.2, 0) is 17.8 Å². The molecule has 0 spiro atoms. The number of anilines is 1. The van der Waals surface area contributed by atoms with Crippen LogP contribution in [0.2, 0.25) is 10.0 Å². The lowest BCUT2D eigenvalue weighted by molar-refractivity contribution is -0.136. The Kier molecular flexibility index (Phi) is 7.57. The molecular weight excluding hydrogens is 447 g/mol. The Labute approximate surface area is 188 Å². The molecule has 0 radical (unpaired) electrons. The van der Waals surface area contributed by atoms with Crippen LogP contribution in [0.3, 0.4) is 0 Å². The fraction of sp³-hybridized carbons (Fsp3) is 0.333. The lowest BCUT2D eigenvalue weighted by atomic mass is 10.0. The predicted octanol–water partition coefficient (Wildman–Crippen LogP) is 6.86. The third-order valence-electron chi connectivity index (χ3n) is 4.27. The predicted molar refractivity (Wildman–Crippen MR) is 124 cm³/mol. The highest BCUT2D eigenvalue weighted by molar-refractivity contribution is 7.16. The van der Waals surface area contributed by atoms with Gasteiger partial charge in [-0.05, 0) is 35.9 Å². The van der Waals surface area contributed by atoms with E-state index in [2.05, 4.69) is 24.8 Å². The Morgan fingerprint density at radius 3 is 2.66 bits per heavy atom.